The highest BCUT2D eigenvalue weighted by Gasteiger charge is 2.29. The van der Waals surface area contributed by atoms with Crippen LogP contribution in [0.4, 0.5) is 5.69 Å². The van der Waals surface area contributed by atoms with Gasteiger partial charge >= 0.3 is 0 Å². The van der Waals surface area contributed by atoms with Gasteiger partial charge < -0.3 is 10.1 Å². The zero-order valence-electron chi connectivity index (χ0n) is 13.8. The molecule has 25 heavy (non-hydrogen) atoms. The van der Waals surface area contributed by atoms with Crippen LogP contribution in [0.2, 0.25) is 5.02 Å². The quantitative estimate of drug-likeness (QED) is 0.875. The Bertz CT molecular complexity index is 862. The number of hydrogen-bond acceptors (Lipinski definition) is 4. The molecule has 0 radical (unpaired) electrons. The molecular formula is C19H16ClN3O2. The van der Waals surface area contributed by atoms with E-state index in [0.717, 1.165) is 0 Å². The Kier molecular flexibility index (Phi) is 5.64. The number of halogens is 1. The first kappa shape index (κ1) is 18.3. The second-order valence-electron chi connectivity index (χ2n) is 6.07. The number of carbonyl (C=O) groups is 1. The summed E-state index contributed by atoms with van der Waals surface area (Å²) >= 11 is 5.97. The third-order valence-electron chi connectivity index (χ3n) is 3.55. The predicted octanol–water partition coefficient (Wildman–Crippen LogP) is 4.13. The largest absolute Gasteiger partial charge is 0.492 e. The average Bonchev–Trinajstić information content (AvgIpc) is 2.60. The van der Waals surface area contributed by atoms with E-state index in [1.807, 2.05) is 12.1 Å². The monoisotopic (exact) mass is 353 g/mol. The van der Waals surface area contributed by atoms with Crippen LogP contribution in [0.1, 0.15) is 25.0 Å². The lowest BCUT2D eigenvalue weighted by atomic mass is 9.93. The molecule has 5 nitrogen and oxygen atoms in total. The van der Waals surface area contributed by atoms with E-state index in [0.29, 0.717) is 22.6 Å². The highest BCUT2D eigenvalue weighted by Crippen LogP contribution is 2.24. The molecule has 0 aliphatic carbocycles. The van der Waals surface area contributed by atoms with Crippen molar-refractivity contribution in [2.24, 2.45) is 5.41 Å². The van der Waals surface area contributed by atoms with Crippen LogP contribution in [0.5, 0.6) is 5.75 Å². The van der Waals surface area contributed by atoms with E-state index in [1.165, 1.54) is 6.07 Å². The van der Waals surface area contributed by atoms with E-state index in [-0.39, 0.29) is 17.5 Å². The average molecular weight is 354 g/mol. The number of benzene rings is 2. The Morgan fingerprint density at radius 1 is 1.16 bits per heavy atom. The molecular weight excluding hydrogens is 338 g/mol. The minimum absolute atomic E-state index is 0.161. The SMILES string of the molecule is CC(C)(COc1ccc(C#N)cc1)C(=O)Nc1ccc(C#N)c(Cl)c1. The van der Waals surface area contributed by atoms with Crippen molar-refractivity contribution in [3.63, 3.8) is 0 Å². The van der Waals surface area contributed by atoms with E-state index < -0.39 is 5.41 Å². The van der Waals surface area contributed by atoms with Gasteiger partial charge in [0.2, 0.25) is 5.91 Å². The molecule has 0 unspecified atom stereocenters. The first-order valence-electron chi connectivity index (χ1n) is 7.50. The number of nitriles is 2. The number of carbonyl (C=O) groups excluding carboxylic acids is 1. The molecule has 0 fully saturated rings. The van der Waals surface area contributed by atoms with Crippen molar-refractivity contribution >= 4 is 23.2 Å². The Balaban J connectivity index is 2.00. The van der Waals surface area contributed by atoms with Crippen molar-refractivity contribution in [3.8, 4) is 17.9 Å². The third kappa shape index (κ3) is 4.73. The number of hydrogen-bond donors (Lipinski definition) is 1. The normalized spacial score (nSPS) is 10.4. The Hall–Kier alpha value is -3.02. The van der Waals surface area contributed by atoms with Crippen molar-refractivity contribution in [1.82, 2.24) is 0 Å². The van der Waals surface area contributed by atoms with Crippen molar-refractivity contribution in [1.29, 1.82) is 10.5 Å². The van der Waals surface area contributed by atoms with Gasteiger partial charge in [0.1, 0.15) is 18.4 Å². The van der Waals surface area contributed by atoms with Gasteiger partial charge in [0.25, 0.3) is 0 Å². The molecule has 1 N–H and O–H groups in total. The van der Waals surface area contributed by atoms with E-state index in [2.05, 4.69) is 5.32 Å². The zero-order valence-corrected chi connectivity index (χ0v) is 14.6. The number of anilines is 1. The fourth-order valence-corrected chi connectivity index (χ4v) is 2.16. The molecule has 0 saturated carbocycles. The molecule has 0 aliphatic rings. The molecule has 2 rings (SSSR count). The maximum absolute atomic E-state index is 12.5. The van der Waals surface area contributed by atoms with Crippen molar-refractivity contribution in [2.45, 2.75) is 13.8 Å². The van der Waals surface area contributed by atoms with Crippen LogP contribution in [0, 0.1) is 28.1 Å². The lowest BCUT2D eigenvalue weighted by molar-refractivity contribution is -0.125. The third-order valence-corrected chi connectivity index (χ3v) is 3.86. The minimum Gasteiger partial charge on any atom is -0.492 e. The molecule has 2 aromatic rings. The van der Waals surface area contributed by atoms with Gasteiger partial charge in [-0.25, -0.2) is 0 Å². The summed E-state index contributed by atoms with van der Waals surface area (Å²) in [5, 5.41) is 20.7. The molecule has 126 valence electrons. The highest BCUT2D eigenvalue weighted by molar-refractivity contribution is 6.32. The molecule has 2 aromatic carbocycles. The topological polar surface area (TPSA) is 85.9 Å². The fraction of sp³-hybridized carbons (Fsp3) is 0.211. The van der Waals surface area contributed by atoms with Crippen LogP contribution < -0.4 is 10.1 Å². The first-order valence-corrected chi connectivity index (χ1v) is 7.87. The second kappa shape index (κ2) is 7.70. The van der Waals surface area contributed by atoms with Crippen LogP contribution in [0.3, 0.4) is 0 Å². The Morgan fingerprint density at radius 3 is 2.40 bits per heavy atom. The van der Waals surface area contributed by atoms with Gasteiger partial charge in [-0.2, -0.15) is 10.5 Å². The number of amides is 1. The predicted molar refractivity (Wildman–Crippen MR) is 95.2 cm³/mol. The minimum atomic E-state index is -0.797. The first-order chi connectivity index (χ1) is 11.9. The number of nitrogens with one attached hydrogen (secondary N) is 1. The van der Waals surface area contributed by atoms with Gasteiger partial charge in [-0.3, -0.25) is 4.79 Å². The van der Waals surface area contributed by atoms with Crippen LogP contribution in [-0.4, -0.2) is 12.5 Å². The van der Waals surface area contributed by atoms with Crippen LogP contribution >= 0.6 is 11.6 Å². The van der Waals surface area contributed by atoms with Crippen molar-refractivity contribution in [2.75, 3.05) is 11.9 Å². The maximum atomic E-state index is 12.5. The van der Waals surface area contributed by atoms with Gasteiger partial charge in [0.15, 0.2) is 0 Å². The summed E-state index contributed by atoms with van der Waals surface area (Å²) in [6, 6.07) is 15.4. The Morgan fingerprint density at radius 2 is 1.84 bits per heavy atom. The van der Waals surface area contributed by atoms with Crippen LogP contribution in [-0.2, 0) is 4.79 Å². The summed E-state index contributed by atoms with van der Waals surface area (Å²) in [6.07, 6.45) is 0. The maximum Gasteiger partial charge on any atom is 0.233 e. The number of ether oxygens (including phenoxy) is 1. The molecule has 0 heterocycles. The van der Waals surface area contributed by atoms with Crippen molar-refractivity contribution in [3.05, 3.63) is 58.6 Å². The summed E-state index contributed by atoms with van der Waals surface area (Å²) in [4.78, 5) is 12.5. The second-order valence-corrected chi connectivity index (χ2v) is 6.48. The van der Waals surface area contributed by atoms with Gasteiger partial charge in [0.05, 0.1) is 27.6 Å². The summed E-state index contributed by atoms with van der Waals surface area (Å²) in [5.41, 5.74) is 0.611. The molecule has 0 bridgehead atoms. The van der Waals surface area contributed by atoms with Crippen LogP contribution in [0.15, 0.2) is 42.5 Å². The summed E-state index contributed by atoms with van der Waals surface area (Å²) in [5.74, 6) is 0.350. The molecule has 0 saturated heterocycles. The molecule has 0 atom stereocenters. The number of rotatable bonds is 5. The fourth-order valence-electron chi connectivity index (χ4n) is 1.94. The van der Waals surface area contributed by atoms with E-state index in [1.54, 1.807) is 50.2 Å². The molecule has 0 aromatic heterocycles. The van der Waals surface area contributed by atoms with Crippen LogP contribution in [0.25, 0.3) is 0 Å². The standard InChI is InChI=1S/C19H16ClN3O2/c1-19(2,12-25-16-7-3-13(10-21)4-8-16)18(24)23-15-6-5-14(11-22)17(20)9-15/h3-9H,12H2,1-2H3,(H,23,24). The lowest BCUT2D eigenvalue weighted by Gasteiger charge is -2.24. The van der Waals surface area contributed by atoms with Gasteiger partial charge in [-0.05, 0) is 56.3 Å². The number of nitrogens with zero attached hydrogens (tertiary/aromatic N) is 2. The summed E-state index contributed by atoms with van der Waals surface area (Å²) in [7, 11) is 0. The molecule has 0 aliphatic heterocycles. The highest BCUT2D eigenvalue weighted by atomic mass is 35.5. The van der Waals surface area contributed by atoms with E-state index in [4.69, 9.17) is 26.9 Å². The molecule has 1 amide bonds. The summed E-state index contributed by atoms with van der Waals surface area (Å²) in [6.45, 7) is 3.68. The van der Waals surface area contributed by atoms with E-state index in [9.17, 15) is 4.79 Å². The van der Waals surface area contributed by atoms with Gasteiger partial charge in [-0.15, -0.1) is 0 Å². The van der Waals surface area contributed by atoms with E-state index >= 15 is 0 Å². The lowest BCUT2D eigenvalue weighted by Crippen LogP contribution is -2.36. The van der Waals surface area contributed by atoms with Gasteiger partial charge in [0, 0.05) is 5.69 Å². The molecule has 0 spiro atoms. The molecule has 6 heteroatoms. The van der Waals surface area contributed by atoms with Gasteiger partial charge in [-0.1, -0.05) is 11.6 Å². The Labute approximate surface area is 151 Å². The summed E-state index contributed by atoms with van der Waals surface area (Å²) < 4.78 is 5.65. The zero-order chi connectivity index (χ0) is 18.4. The van der Waals surface area contributed by atoms with Crippen molar-refractivity contribution < 1.29 is 9.53 Å². The smallest absolute Gasteiger partial charge is 0.233 e.